The lowest BCUT2D eigenvalue weighted by Gasteiger charge is -2.36. The molecule has 1 saturated heterocycles. The van der Waals surface area contributed by atoms with Crippen molar-refractivity contribution >= 4 is 41.7 Å². The summed E-state index contributed by atoms with van der Waals surface area (Å²) in [4.78, 5) is 11.4. The molecule has 0 saturated carbocycles. The van der Waals surface area contributed by atoms with Crippen molar-refractivity contribution in [1.29, 1.82) is 0 Å². The molecule has 7 nitrogen and oxygen atoms in total. The van der Waals surface area contributed by atoms with E-state index in [9.17, 15) is 0 Å². The summed E-state index contributed by atoms with van der Waals surface area (Å²) in [7, 11) is 6.19. The average Bonchev–Trinajstić information content (AvgIpc) is 3.18. The molecular weight excluding hydrogens is 449 g/mol. The molecule has 0 aliphatic carbocycles. The van der Waals surface area contributed by atoms with Gasteiger partial charge in [0, 0.05) is 31.4 Å². The summed E-state index contributed by atoms with van der Waals surface area (Å²) >= 11 is 2.03. The van der Waals surface area contributed by atoms with Gasteiger partial charge in [-0.15, -0.1) is 24.0 Å². The second-order valence-electron chi connectivity index (χ2n) is 6.93. The summed E-state index contributed by atoms with van der Waals surface area (Å²) in [5.41, 5.74) is 0.214. The first-order valence-electron chi connectivity index (χ1n) is 8.68. The number of rotatable bonds is 4. The van der Waals surface area contributed by atoms with E-state index in [0.29, 0.717) is 0 Å². The van der Waals surface area contributed by atoms with Crippen LogP contribution in [0.15, 0.2) is 4.99 Å². The highest BCUT2D eigenvalue weighted by atomic mass is 127. The summed E-state index contributed by atoms with van der Waals surface area (Å²) in [6.07, 6.45) is 3.39. The SMILES string of the molecule is CN=C(NCC1(N(C)C)CCSC1)NC1CCCn2nc(C)nc21.I. The highest BCUT2D eigenvalue weighted by molar-refractivity contribution is 14.0. The standard InChI is InChI=1S/C16H29N7S.HI/c1-12-19-14-13(6-5-8-23(14)21-12)20-15(17-2)18-10-16(22(3)4)7-9-24-11-16;/h13H,5-11H2,1-4H3,(H2,17,18,20);1H. The molecule has 9 heteroatoms. The lowest BCUT2D eigenvalue weighted by Crippen LogP contribution is -2.55. The van der Waals surface area contributed by atoms with E-state index in [1.54, 1.807) is 0 Å². The fourth-order valence-corrected chi connectivity index (χ4v) is 5.01. The summed E-state index contributed by atoms with van der Waals surface area (Å²) in [6.45, 7) is 3.82. The largest absolute Gasteiger partial charge is 0.355 e. The minimum atomic E-state index is 0. The van der Waals surface area contributed by atoms with Gasteiger partial charge in [-0.05, 0) is 46.0 Å². The molecule has 1 aromatic heterocycles. The number of likely N-dealkylation sites (N-methyl/N-ethyl adjacent to an activating group) is 1. The molecule has 142 valence electrons. The first-order chi connectivity index (χ1) is 11.5. The zero-order chi connectivity index (χ0) is 17.2. The van der Waals surface area contributed by atoms with Gasteiger partial charge in [0.1, 0.15) is 11.6 Å². The van der Waals surface area contributed by atoms with Crippen LogP contribution in [0, 0.1) is 6.92 Å². The molecule has 2 aliphatic heterocycles. The molecular formula is C16H30IN7S. The maximum atomic E-state index is 4.59. The second kappa shape index (κ2) is 8.90. The molecule has 25 heavy (non-hydrogen) atoms. The zero-order valence-electron chi connectivity index (χ0n) is 15.6. The van der Waals surface area contributed by atoms with Crippen LogP contribution in [0.25, 0.3) is 0 Å². The maximum Gasteiger partial charge on any atom is 0.191 e. The summed E-state index contributed by atoms with van der Waals surface area (Å²) < 4.78 is 2.03. The minimum Gasteiger partial charge on any atom is -0.355 e. The molecule has 3 heterocycles. The smallest absolute Gasteiger partial charge is 0.191 e. The van der Waals surface area contributed by atoms with E-state index in [2.05, 4.69) is 44.7 Å². The Labute approximate surface area is 171 Å². The van der Waals surface area contributed by atoms with Gasteiger partial charge in [-0.3, -0.25) is 4.99 Å². The number of aryl methyl sites for hydroxylation is 2. The first kappa shape index (κ1) is 20.8. The Morgan fingerprint density at radius 2 is 2.28 bits per heavy atom. The van der Waals surface area contributed by atoms with Crippen LogP contribution in [0.4, 0.5) is 0 Å². The number of fused-ring (bicyclic) bond motifs is 1. The molecule has 0 radical (unpaired) electrons. The lowest BCUT2D eigenvalue weighted by atomic mass is 9.97. The maximum absolute atomic E-state index is 4.59. The van der Waals surface area contributed by atoms with Gasteiger partial charge in [-0.25, -0.2) is 9.67 Å². The molecule has 2 N–H and O–H groups in total. The predicted molar refractivity (Wildman–Crippen MR) is 115 cm³/mol. The first-order valence-corrected chi connectivity index (χ1v) is 9.83. The number of thioether (sulfide) groups is 1. The molecule has 0 aromatic carbocycles. The quantitative estimate of drug-likeness (QED) is 0.389. The van der Waals surface area contributed by atoms with Crippen molar-refractivity contribution in [3.63, 3.8) is 0 Å². The Hall–Kier alpha value is -0.550. The van der Waals surface area contributed by atoms with Crippen LogP contribution in [0.1, 0.15) is 37.0 Å². The monoisotopic (exact) mass is 479 g/mol. The van der Waals surface area contributed by atoms with E-state index in [1.165, 1.54) is 17.9 Å². The van der Waals surface area contributed by atoms with Crippen LogP contribution in [-0.2, 0) is 6.54 Å². The van der Waals surface area contributed by atoms with Crippen molar-refractivity contribution in [3.05, 3.63) is 11.6 Å². The highest BCUT2D eigenvalue weighted by Gasteiger charge is 2.36. The molecule has 0 spiro atoms. The molecule has 3 rings (SSSR count). The van der Waals surface area contributed by atoms with Gasteiger partial charge in [0.25, 0.3) is 0 Å². The zero-order valence-corrected chi connectivity index (χ0v) is 18.7. The number of halogens is 1. The average molecular weight is 479 g/mol. The van der Waals surface area contributed by atoms with Gasteiger partial charge in [-0.2, -0.15) is 16.9 Å². The van der Waals surface area contributed by atoms with Crippen molar-refractivity contribution in [2.75, 3.05) is 39.2 Å². The van der Waals surface area contributed by atoms with Gasteiger partial charge < -0.3 is 15.5 Å². The van der Waals surface area contributed by atoms with Gasteiger partial charge in [0.05, 0.1) is 6.04 Å². The third-order valence-electron chi connectivity index (χ3n) is 5.13. The van der Waals surface area contributed by atoms with Gasteiger partial charge in [0.2, 0.25) is 0 Å². The number of nitrogens with zero attached hydrogens (tertiary/aromatic N) is 5. The van der Waals surface area contributed by atoms with Crippen LogP contribution in [-0.4, -0.2) is 70.4 Å². The van der Waals surface area contributed by atoms with Crippen LogP contribution >= 0.6 is 35.7 Å². The number of guanidine groups is 1. The molecule has 0 amide bonds. The second-order valence-corrected chi connectivity index (χ2v) is 8.03. The van der Waals surface area contributed by atoms with Crippen molar-refractivity contribution < 1.29 is 0 Å². The fraction of sp³-hybridized carbons (Fsp3) is 0.812. The molecule has 2 aliphatic rings. The van der Waals surface area contributed by atoms with Crippen LogP contribution < -0.4 is 10.6 Å². The Bertz CT molecular complexity index is 595. The van der Waals surface area contributed by atoms with Crippen LogP contribution in [0.2, 0.25) is 0 Å². The van der Waals surface area contributed by atoms with Crippen LogP contribution in [0.5, 0.6) is 0 Å². The third-order valence-corrected chi connectivity index (χ3v) is 6.37. The number of hydrogen-bond acceptors (Lipinski definition) is 5. The Balaban J connectivity index is 0.00000225. The van der Waals surface area contributed by atoms with Crippen molar-refractivity contribution in [2.24, 2.45) is 4.99 Å². The summed E-state index contributed by atoms with van der Waals surface area (Å²) in [5.74, 6) is 5.13. The van der Waals surface area contributed by atoms with Crippen molar-refractivity contribution in [2.45, 2.75) is 44.3 Å². The topological polar surface area (TPSA) is 70.4 Å². The summed E-state index contributed by atoms with van der Waals surface area (Å²) in [6, 6.07) is 0.180. The van der Waals surface area contributed by atoms with Crippen molar-refractivity contribution in [3.8, 4) is 0 Å². The minimum absolute atomic E-state index is 0. The third kappa shape index (κ3) is 4.60. The summed E-state index contributed by atoms with van der Waals surface area (Å²) in [5, 5.41) is 11.6. The van der Waals surface area contributed by atoms with Gasteiger partial charge in [-0.1, -0.05) is 0 Å². The molecule has 1 aromatic rings. The van der Waals surface area contributed by atoms with E-state index in [0.717, 1.165) is 43.5 Å². The molecule has 0 bridgehead atoms. The molecule has 2 unspecified atom stereocenters. The number of aromatic nitrogens is 3. The van der Waals surface area contributed by atoms with E-state index in [1.807, 2.05) is 30.4 Å². The molecule has 2 atom stereocenters. The predicted octanol–water partition coefficient (Wildman–Crippen LogP) is 1.64. The molecule has 1 fully saturated rings. The highest BCUT2D eigenvalue weighted by Crippen LogP contribution is 2.31. The van der Waals surface area contributed by atoms with Crippen LogP contribution in [0.3, 0.4) is 0 Å². The number of hydrogen-bond donors (Lipinski definition) is 2. The van der Waals surface area contributed by atoms with E-state index in [-0.39, 0.29) is 35.6 Å². The Morgan fingerprint density at radius 3 is 2.92 bits per heavy atom. The van der Waals surface area contributed by atoms with E-state index >= 15 is 0 Å². The number of aliphatic imine (C=N–C) groups is 1. The van der Waals surface area contributed by atoms with Gasteiger partial charge >= 0.3 is 0 Å². The Morgan fingerprint density at radius 1 is 1.48 bits per heavy atom. The van der Waals surface area contributed by atoms with Gasteiger partial charge in [0.15, 0.2) is 5.96 Å². The fourth-order valence-electron chi connectivity index (χ4n) is 3.46. The lowest BCUT2D eigenvalue weighted by molar-refractivity contribution is 0.182. The Kier molecular flexibility index (Phi) is 7.39. The number of nitrogens with one attached hydrogen (secondary N) is 2. The normalized spacial score (nSPS) is 26.3. The van der Waals surface area contributed by atoms with Crippen molar-refractivity contribution in [1.82, 2.24) is 30.3 Å². The van der Waals surface area contributed by atoms with E-state index in [4.69, 9.17) is 0 Å². The van der Waals surface area contributed by atoms with E-state index < -0.39 is 0 Å².